The summed E-state index contributed by atoms with van der Waals surface area (Å²) < 4.78 is 19.4. The van der Waals surface area contributed by atoms with Crippen LogP contribution in [0.25, 0.3) is 0 Å². The molecule has 0 amide bonds. The molecule has 0 spiro atoms. The maximum absolute atomic E-state index is 14.3. The molecule has 1 unspecified atom stereocenters. The first-order chi connectivity index (χ1) is 9.08. The highest BCUT2D eigenvalue weighted by Crippen LogP contribution is 2.33. The van der Waals surface area contributed by atoms with Gasteiger partial charge in [0.25, 0.3) is 0 Å². The summed E-state index contributed by atoms with van der Waals surface area (Å²) in [5.41, 5.74) is 1.85. The molecular formula is C15H18FNOS. The summed E-state index contributed by atoms with van der Waals surface area (Å²) in [6.07, 6.45) is 0. The van der Waals surface area contributed by atoms with Crippen LogP contribution in [-0.2, 0) is 0 Å². The van der Waals surface area contributed by atoms with Gasteiger partial charge in [0.1, 0.15) is 0 Å². The molecule has 1 atom stereocenters. The Labute approximate surface area is 117 Å². The minimum Gasteiger partial charge on any atom is -0.494 e. The first-order valence-electron chi connectivity index (χ1n) is 6.15. The van der Waals surface area contributed by atoms with Gasteiger partial charge in [0, 0.05) is 15.3 Å². The Morgan fingerprint density at radius 1 is 1.32 bits per heavy atom. The molecule has 2 rings (SSSR count). The number of nitrogens with one attached hydrogen (secondary N) is 1. The number of hydrogen-bond donors (Lipinski definition) is 1. The van der Waals surface area contributed by atoms with Crippen LogP contribution in [0.2, 0.25) is 0 Å². The summed E-state index contributed by atoms with van der Waals surface area (Å²) >= 11 is 1.69. The second-order valence-corrected chi connectivity index (χ2v) is 5.76. The second kappa shape index (κ2) is 5.72. The standard InChI is InChI=1S/C15H18FNOS/c1-9-8-13(19-10(9)2)15(17-3)11-6-5-7-12(18-4)14(11)16/h5-8,15,17H,1-4H3. The fourth-order valence-corrected chi connectivity index (χ4v) is 3.28. The first kappa shape index (κ1) is 14.0. The van der Waals surface area contributed by atoms with E-state index in [2.05, 4.69) is 25.2 Å². The van der Waals surface area contributed by atoms with E-state index in [1.807, 2.05) is 13.1 Å². The van der Waals surface area contributed by atoms with Crippen LogP contribution in [0.5, 0.6) is 5.75 Å². The fourth-order valence-electron chi connectivity index (χ4n) is 2.10. The van der Waals surface area contributed by atoms with E-state index >= 15 is 0 Å². The summed E-state index contributed by atoms with van der Waals surface area (Å²) in [4.78, 5) is 2.38. The van der Waals surface area contributed by atoms with Gasteiger partial charge < -0.3 is 10.1 Å². The van der Waals surface area contributed by atoms with Crippen LogP contribution < -0.4 is 10.1 Å². The Bertz CT molecular complexity index is 560. The molecule has 0 fully saturated rings. The summed E-state index contributed by atoms with van der Waals surface area (Å²) in [6.45, 7) is 4.15. The van der Waals surface area contributed by atoms with Crippen molar-refractivity contribution >= 4 is 11.3 Å². The van der Waals surface area contributed by atoms with Gasteiger partial charge in [0.05, 0.1) is 13.2 Å². The van der Waals surface area contributed by atoms with Crippen LogP contribution in [0.1, 0.15) is 26.9 Å². The molecule has 0 aliphatic rings. The maximum Gasteiger partial charge on any atom is 0.170 e. The molecule has 0 radical (unpaired) electrons. The van der Waals surface area contributed by atoms with E-state index in [-0.39, 0.29) is 17.6 Å². The van der Waals surface area contributed by atoms with Gasteiger partial charge in [-0.2, -0.15) is 0 Å². The SMILES string of the molecule is CNC(c1cc(C)c(C)s1)c1cccc(OC)c1F. The zero-order valence-electron chi connectivity index (χ0n) is 11.6. The number of rotatable bonds is 4. The molecule has 19 heavy (non-hydrogen) atoms. The van der Waals surface area contributed by atoms with E-state index in [0.717, 1.165) is 4.88 Å². The van der Waals surface area contributed by atoms with Gasteiger partial charge >= 0.3 is 0 Å². The van der Waals surface area contributed by atoms with Crippen molar-refractivity contribution in [1.82, 2.24) is 5.32 Å². The number of halogens is 1. The highest BCUT2D eigenvalue weighted by atomic mass is 32.1. The molecule has 0 saturated carbocycles. The molecule has 1 heterocycles. The van der Waals surface area contributed by atoms with Crippen molar-refractivity contribution in [3.63, 3.8) is 0 Å². The molecule has 1 aromatic heterocycles. The second-order valence-electron chi connectivity index (χ2n) is 4.47. The zero-order valence-corrected chi connectivity index (χ0v) is 12.4. The Balaban J connectivity index is 2.48. The molecular weight excluding hydrogens is 261 g/mol. The number of ether oxygens (including phenoxy) is 1. The molecule has 2 nitrogen and oxygen atoms in total. The smallest absolute Gasteiger partial charge is 0.170 e. The molecule has 1 N–H and O–H groups in total. The van der Waals surface area contributed by atoms with E-state index in [1.54, 1.807) is 23.5 Å². The fraction of sp³-hybridized carbons (Fsp3) is 0.333. The van der Waals surface area contributed by atoms with Crippen LogP contribution in [-0.4, -0.2) is 14.2 Å². The lowest BCUT2D eigenvalue weighted by molar-refractivity contribution is 0.382. The minimum absolute atomic E-state index is 0.146. The van der Waals surface area contributed by atoms with Crippen LogP contribution in [0.4, 0.5) is 4.39 Å². The van der Waals surface area contributed by atoms with Crippen molar-refractivity contribution in [1.29, 1.82) is 0 Å². The lowest BCUT2D eigenvalue weighted by Gasteiger charge is -2.17. The van der Waals surface area contributed by atoms with Crippen molar-refractivity contribution in [2.75, 3.05) is 14.2 Å². The lowest BCUT2D eigenvalue weighted by Crippen LogP contribution is -2.18. The summed E-state index contributed by atoms with van der Waals surface area (Å²) in [5.74, 6) is -0.0178. The van der Waals surface area contributed by atoms with Gasteiger partial charge in [-0.1, -0.05) is 12.1 Å². The van der Waals surface area contributed by atoms with Crippen molar-refractivity contribution in [3.8, 4) is 5.75 Å². The van der Waals surface area contributed by atoms with Crippen molar-refractivity contribution in [3.05, 3.63) is 51.0 Å². The molecule has 102 valence electrons. The van der Waals surface area contributed by atoms with E-state index in [1.165, 1.54) is 17.6 Å². The maximum atomic E-state index is 14.3. The molecule has 0 bridgehead atoms. The predicted molar refractivity (Wildman–Crippen MR) is 77.6 cm³/mol. The van der Waals surface area contributed by atoms with E-state index in [9.17, 15) is 4.39 Å². The van der Waals surface area contributed by atoms with E-state index in [4.69, 9.17) is 4.74 Å². The van der Waals surface area contributed by atoms with Gasteiger partial charge in [0.15, 0.2) is 11.6 Å². The predicted octanol–water partition coefficient (Wildman–Crippen LogP) is 3.82. The number of thiophene rings is 1. The number of benzene rings is 1. The number of methoxy groups -OCH3 is 1. The highest BCUT2D eigenvalue weighted by molar-refractivity contribution is 7.12. The quantitative estimate of drug-likeness (QED) is 0.918. The van der Waals surface area contributed by atoms with Gasteiger partial charge in [-0.3, -0.25) is 0 Å². The molecule has 2 aromatic rings. The topological polar surface area (TPSA) is 21.3 Å². The van der Waals surface area contributed by atoms with E-state index < -0.39 is 0 Å². The Morgan fingerprint density at radius 3 is 2.58 bits per heavy atom. The van der Waals surface area contributed by atoms with Crippen molar-refractivity contribution < 1.29 is 9.13 Å². The molecule has 0 saturated heterocycles. The van der Waals surface area contributed by atoms with Crippen LogP contribution in [0, 0.1) is 19.7 Å². The van der Waals surface area contributed by atoms with Crippen molar-refractivity contribution in [2.24, 2.45) is 0 Å². The Kier molecular flexibility index (Phi) is 4.22. The number of hydrogen-bond acceptors (Lipinski definition) is 3. The van der Waals surface area contributed by atoms with Crippen LogP contribution in [0.3, 0.4) is 0 Å². The highest BCUT2D eigenvalue weighted by Gasteiger charge is 2.20. The Morgan fingerprint density at radius 2 is 2.05 bits per heavy atom. The third-order valence-electron chi connectivity index (χ3n) is 3.28. The van der Waals surface area contributed by atoms with Gasteiger partial charge in [0.2, 0.25) is 0 Å². The molecule has 4 heteroatoms. The van der Waals surface area contributed by atoms with Crippen molar-refractivity contribution in [2.45, 2.75) is 19.9 Å². The van der Waals surface area contributed by atoms with Gasteiger partial charge in [-0.25, -0.2) is 4.39 Å². The normalized spacial score (nSPS) is 12.5. The third-order valence-corrected chi connectivity index (χ3v) is 4.50. The number of aryl methyl sites for hydroxylation is 2. The molecule has 1 aromatic carbocycles. The molecule has 0 aliphatic carbocycles. The summed E-state index contributed by atoms with van der Waals surface area (Å²) in [5, 5.41) is 3.18. The average molecular weight is 279 g/mol. The van der Waals surface area contributed by atoms with Crippen LogP contribution >= 0.6 is 11.3 Å². The monoisotopic (exact) mass is 279 g/mol. The Hall–Kier alpha value is -1.39. The summed E-state index contributed by atoms with van der Waals surface area (Å²) in [7, 11) is 3.32. The van der Waals surface area contributed by atoms with Gasteiger partial charge in [-0.15, -0.1) is 11.3 Å². The zero-order chi connectivity index (χ0) is 14.0. The summed E-state index contributed by atoms with van der Waals surface area (Å²) in [6, 6.07) is 7.21. The average Bonchev–Trinajstić information content (AvgIpc) is 2.72. The lowest BCUT2D eigenvalue weighted by atomic mass is 10.0. The van der Waals surface area contributed by atoms with Crippen LogP contribution in [0.15, 0.2) is 24.3 Å². The van der Waals surface area contributed by atoms with E-state index in [0.29, 0.717) is 5.56 Å². The first-order valence-corrected chi connectivity index (χ1v) is 6.96. The third kappa shape index (κ3) is 2.65. The molecule has 0 aliphatic heterocycles. The minimum atomic E-state index is -0.298. The van der Waals surface area contributed by atoms with Gasteiger partial charge in [-0.05, 0) is 38.6 Å². The largest absolute Gasteiger partial charge is 0.494 e.